The van der Waals surface area contributed by atoms with Gasteiger partial charge in [0.15, 0.2) is 11.5 Å². The summed E-state index contributed by atoms with van der Waals surface area (Å²) in [5.41, 5.74) is 4.72. The second-order valence-corrected chi connectivity index (χ2v) is 8.31. The van der Waals surface area contributed by atoms with Gasteiger partial charge in [-0.25, -0.2) is 0 Å². The van der Waals surface area contributed by atoms with Gasteiger partial charge in [0.05, 0.1) is 26.0 Å². The Kier molecular flexibility index (Phi) is 5.19. The minimum absolute atomic E-state index is 0.123. The van der Waals surface area contributed by atoms with E-state index in [1.807, 2.05) is 72.8 Å². The average Bonchev–Trinajstić information content (AvgIpc) is 3.38. The number of aromatic nitrogens is 2. The third-order valence-corrected chi connectivity index (χ3v) is 6.17. The van der Waals surface area contributed by atoms with Crippen molar-refractivity contribution in [1.29, 1.82) is 0 Å². The van der Waals surface area contributed by atoms with E-state index in [1.165, 1.54) is 0 Å². The number of fused-ring (bicyclic) bond motifs is 1. The van der Waals surface area contributed by atoms with Gasteiger partial charge in [-0.15, -0.1) is 0 Å². The van der Waals surface area contributed by atoms with Crippen LogP contribution in [-0.4, -0.2) is 30.3 Å². The van der Waals surface area contributed by atoms with Crippen molar-refractivity contribution < 1.29 is 14.3 Å². The van der Waals surface area contributed by atoms with E-state index >= 15 is 0 Å². The number of hydrogen-bond acceptors (Lipinski definition) is 4. The zero-order valence-electron chi connectivity index (χ0n) is 17.5. The van der Waals surface area contributed by atoms with Crippen molar-refractivity contribution in [2.75, 3.05) is 19.1 Å². The highest BCUT2D eigenvalue weighted by molar-refractivity contribution is 9.10. The Balaban J connectivity index is 1.73. The Morgan fingerprint density at radius 1 is 0.938 bits per heavy atom. The smallest absolute Gasteiger partial charge is 0.277 e. The number of hydrogen-bond donors (Lipinski definition) is 1. The first kappa shape index (κ1) is 20.3. The normalized spacial score (nSPS) is 15.0. The molecule has 32 heavy (non-hydrogen) atoms. The van der Waals surface area contributed by atoms with Crippen molar-refractivity contribution >= 4 is 27.5 Å². The van der Waals surface area contributed by atoms with Crippen molar-refractivity contribution in [3.63, 3.8) is 0 Å². The molecule has 0 unspecified atom stereocenters. The van der Waals surface area contributed by atoms with Gasteiger partial charge in [0, 0.05) is 21.3 Å². The van der Waals surface area contributed by atoms with Gasteiger partial charge in [-0.1, -0.05) is 52.3 Å². The van der Waals surface area contributed by atoms with Gasteiger partial charge in [-0.05, 0) is 42.0 Å². The Bertz CT molecular complexity index is 1290. The van der Waals surface area contributed by atoms with Crippen molar-refractivity contribution in [1.82, 2.24) is 10.2 Å². The molecule has 0 radical (unpaired) electrons. The molecule has 1 atom stereocenters. The molecule has 0 saturated heterocycles. The zero-order valence-corrected chi connectivity index (χ0v) is 19.1. The zero-order chi connectivity index (χ0) is 22.2. The molecule has 4 aromatic rings. The lowest BCUT2D eigenvalue weighted by Gasteiger charge is -2.27. The largest absolute Gasteiger partial charge is 0.493 e. The van der Waals surface area contributed by atoms with E-state index < -0.39 is 0 Å². The number of benzene rings is 3. The van der Waals surface area contributed by atoms with Crippen LogP contribution in [0.5, 0.6) is 11.5 Å². The Morgan fingerprint density at radius 3 is 2.34 bits per heavy atom. The molecule has 3 aromatic carbocycles. The number of anilines is 1. The first-order chi connectivity index (χ1) is 15.6. The number of H-pyrrole nitrogens is 1. The van der Waals surface area contributed by atoms with Crippen LogP contribution in [0.3, 0.4) is 0 Å². The first-order valence-corrected chi connectivity index (χ1v) is 10.9. The van der Waals surface area contributed by atoms with E-state index in [9.17, 15) is 4.79 Å². The topological polar surface area (TPSA) is 67.5 Å². The SMILES string of the molecule is COc1ccc([C@@H]2c3c(-c4ccc(Br)cc4)n[nH]c3C(=O)N2c2ccccc2)cc1OC. The summed E-state index contributed by atoms with van der Waals surface area (Å²) in [6.45, 7) is 0. The summed E-state index contributed by atoms with van der Waals surface area (Å²) >= 11 is 3.48. The molecule has 1 amide bonds. The minimum Gasteiger partial charge on any atom is -0.493 e. The van der Waals surface area contributed by atoms with E-state index in [0.717, 1.165) is 32.5 Å². The van der Waals surface area contributed by atoms with Crippen LogP contribution in [0.4, 0.5) is 5.69 Å². The van der Waals surface area contributed by atoms with Gasteiger partial charge in [-0.2, -0.15) is 5.10 Å². The number of methoxy groups -OCH3 is 2. The number of aromatic amines is 1. The summed E-state index contributed by atoms with van der Waals surface area (Å²) in [5.74, 6) is 1.11. The molecule has 1 N–H and O–H groups in total. The number of para-hydroxylation sites is 1. The van der Waals surface area contributed by atoms with Gasteiger partial charge in [0.1, 0.15) is 5.69 Å². The summed E-state index contributed by atoms with van der Waals surface area (Å²) in [5, 5.41) is 7.52. The van der Waals surface area contributed by atoms with E-state index in [4.69, 9.17) is 9.47 Å². The molecule has 0 spiro atoms. The van der Waals surface area contributed by atoms with Gasteiger partial charge in [0.25, 0.3) is 5.91 Å². The molecule has 7 heteroatoms. The summed E-state index contributed by atoms with van der Waals surface area (Å²) in [6, 6.07) is 22.9. The average molecular weight is 490 g/mol. The lowest BCUT2D eigenvalue weighted by Crippen LogP contribution is -2.29. The van der Waals surface area contributed by atoms with Crippen molar-refractivity contribution in [2.24, 2.45) is 0 Å². The standard InChI is InChI=1S/C25H20BrN3O3/c1-31-19-13-10-16(14-20(19)32-2)24-21-22(15-8-11-17(26)12-9-15)27-28-23(21)25(30)29(24)18-6-4-3-5-7-18/h3-14,24H,1-2H3,(H,27,28)/t24-/m1/s1. The Morgan fingerprint density at radius 2 is 1.66 bits per heavy atom. The number of rotatable bonds is 5. The van der Waals surface area contributed by atoms with E-state index in [-0.39, 0.29) is 11.9 Å². The van der Waals surface area contributed by atoms with Crippen LogP contribution in [0.15, 0.2) is 77.3 Å². The maximum atomic E-state index is 13.5. The van der Waals surface area contributed by atoms with Crippen molar-refractivity contribution in [3.8, 4) is 22.8 Å². The van der Waals surface area contributed by atoms with E-state index in [2.05, 4.69) is 26.1 Å². The minimum atomic E-state index is -0.378. The van der Waals surface area contributed by atoms with Crippen LogP contribution in [0, 0.1) is 0 Å². The van der Waals surface area contributed by atoms with Gasteiger partial charge >= 0.3 is 0 Å². The first-order valence-electron chi connectivity index (χ1n) is 10.1. The molecule has 5 rings (SSSR count). The van der Waals surface area contributed by atoms with Crippen LogP contribution in [0.1, 0.15) is 27.7 Å². The summed E-state index contributed by atoms with van der Waals surface area (Å²) in [6.07, 6.45) is 0. The molecule has 1 aliphatic rings. The summed E-state index contributed by atoms with van der Waals surface area (Å²) < 4.78 is 11.9. The highest BCUT2D eigenvalue weighted by Gasteiger charge is 2.43. The molecule has 2 heterocycles. The fourth-order valence-electron chi connectivity index (χ4n) is 4.17. The molecule has 0 bridgehead atoms. The van der Waals surface area contributed by atoms with Gasteiger partial charge < -0.3 is 9.47 Å². The van der Waals surface area contributed by atoms with Crippen LogP contribution in [-0.2, 0) is 0 Å². The summed E-state index contributed by atoms with van der Waals surface area (Å²) in [7, 11) is 3.21. The maximum absolute atomic E-state index is 13.5. The molecule has 1 aromatic heterocycles. The predicted molar refractivity (Wildman–Crippen MR) is 126 cm³/mol. The van der Waals surface area contributed by atoms with Crippen LogP contribution in [0.25, 0.3) is 11.3 Å². The highest BCUT2D eigenvalue weighted by atomic mass is 79.9. The number of ether oxygens (including phenoxy) is 2. The van der Waals surface area contributed by atoms with Crippen LogP contribution >= 0.6 is 15.9 Å². The molecule has 0 saturated carbocycles. The predicted octanol–water partition coefficient (Wildman–Crippen LogP) is 5.61. The number of carbonyl (C=O) groups is 1. The lowest BCUT2D eigenvalue weighted by atomic mass is 9.95. The van der Waals surface area contributed by atoms with E-state index in [1.54, 1.807) is 19.1 Å². The van der Waals surface area contributed by atoms with Crippen molar-refractivity contribution in [2.45, 2.75) is 6.04 Å². The van der Waals surface area contributed by atoms with Gasteiger partial charge in [-0.3, -0.25) is 14.8 Å². The molecule has 0 fully saturated rings. The monoisotopic (exact) mass is 489 g/mol. The van der Waals surface area contributed by atoms with Crippen LogP contribution < -0.4 is 14.4 Å². The number of amides is 1. The molecule has 6 nitrogen and oxygen atoms in total. The number of carbonyl (C=O) groups excluding carboxylic acids is 1. The van der Waals surface area contributed by atoms with Gasteiger partial charge in [0.2, 0.25) is 0 Å². The fraction of sp³-hybridized carbons (Fsp3) is 0.120. The fourth-order valence-corrected chi connectivity index (χ4v) is 4.43. The van der Waals surface area contributed by atoms with E-state index in [0.29, 0.717) is 17.2 Å². The Hall–Kier alpha value is -3.58. The van der Waals surface area contributed by atoms with Crippen LogP contribution in [0.2, 0.25) is 0 Å². The van der Waals surface area contributed by atoms with Crippen molar-refractivity contribution in [3.05, 3.63) is 94.1 Å². The molecule has 1 aliphatic heterocycles. The third kappa shape index (κ3) is 3.26. The Labute approximate surface area is 193 Å². The number of nitrogens with zero attached hydrogens (tertiary/aromatic N) is 2. The molecular weight excluding hydrogens is 470 g/mol. The highest BCUT2D eigenvalue weighted by Crippen LogP contribution is 2.46. The number of nitrogens with one attached hydrogen (secondary N) is 1. The maximum Gasteiger partial charge on any atom is 0.277 e. The molecular formula is C25H20BrN3O3. The lowest BCUT2D eigenvalue weighted by molar-refractivity contribution is 0.0988. The quantitative estimate of drug-likeness (QED) is 0.395. The summed E-state index contributed by atoms with van der Waals surface area (Å²) in [4.78, 5) is 15.3. The number of halogens is 1. The molecule has 0 aliphatic carbocycles. The second kappa shape index (κ2) is 8.16. The second-order valence-electron chi connectivity index (χ2n) is 7.40. The third-order valence-electron chi connectivity index (χ3n) is 5.64. The molecule has 160 valence electrons.